The lowest BCUT2D eigenvalue weighted by atomic mass is 10.0. The number of halogens is 2. The van der Waals surface area contributed by atoms with Gasteiger partial charge in [0, 0.05) is 20.6 Å². The maximum absolute atomic E-state index is 13.2. The fourth-order valence-corrected chi connectivity index (χ4v) is 4.71. The Hall–Kier alpha value is -3.37. The van der Waals surface area contributed by atoms with Crippen LogP contribution < -0.4 is 19.7 Å². The number of nitrogens with one attached hydrogen (secondary N) is 1. The van der Waals surface area contributed by atoms with Crippen molar-refractivity contribution in [3.05, 3.63) is 91.5 Å². The van der Waals surface area contributed by atoms with Crippen LogP contribution in [0.3, 0.4) is 0 Å². The second kappa shape index (κ2) is 10.5. The zero-order valence-corrected chi connectivity index (χ0v) is 21.7. The molecule has 3 aromatic carbocycles. The number of barbiturate groups is 1. The summed E-state index contributed by atoms with van der Waals surface area (Å²) >= 11 is 8.52. The van der Waals surface area contributed by atoms with Crippen LogP contribution in [0.1, 0.15) is 16.7 Å². The third kappa shape index (κ3) is 5.18. The van der Waals surface area contributed by atoms with Crippen molar-refractivity contribution in [1.82, 2.24) is 5.32 Å². The molecule has 7 nitrogen and oxygen atoms in total. The molecule has 0 atom stereocenters. The molecule has 0 saturated carbocycles. The maximum Gasteiger partial charge on any atom is 0.335 e. The van der Waals surface area contributed by atoms with E-state index in [4.69, 9.17) is 21.1 Å². The first-order valence-electron chi connectivity index (χ1n) is 10.5. The molecule has 1 saturated heterocycles. The van der Waals surface area contributed by atoms with Crippen molar-refractivity contribution in [2.75, 3.05) is 19.1 Å². The van der Waals surface area contributed by atoms with Crippen molar-refractivity contribution in [3.8, 4) is 11.5 Å². The van der Waals surface area contributed by atoms with Crippen molar-refractivity contribution in [1.29, 1.82) is 0 Å². The van der Waals surface area contributed by atoms with E-state index in [1.54, 1.807) is 37.4 Å². The Balaban J connectivity index is 1.69. The molecule has 4 amide bonds. The van der Waals surface area contributed by atoms with Gasteiger partial charge in [0.15, 0.2) is 0 Å². The molecule has 1 heterocycles. The third-order valence-corrected chi connectivity index (χ3v) is 6.80. The molecule has 0 unspecified atom stereocenters. The molecule has 0 spiro atoms. The van der Waals surface area contributed by atoms with Gasteiger partial charge in [-0.15, -0.1) is 0 Å². The molecular weight excluding hydrogens is 583 g/mol. The molecule has 4 rings (SSSR count). The van der Waals surface area contributed by atoms with E-state index in [0.717, 1.165) is 19.6 Å². The molecule has 0 aromatic heterocycles. The largest absolute Gasteiger partial charge is 0.497 e. The van der Waals surface area contributed by atoms with E-state index in [0.29, 0.717) is 34.2 Å². The Bertz CT molecular complexity index is 1350. The summed E-state index contributed by atoms with van der Waals surface area (Å²) in [5.74, 6) is -0.323. The van der Waals surface area contributed by atoms with Crippen molar-refractivity contribution >= 4 is 63.8 Å². The summed E-state index contributed by atoms with van der Waals surface area (Å²) in [6.45, 7) is 0. The zero-order chi connectivity index (χ0) is 25.1. The average molecular weight is 603 g/mol. The lowest BCUT2D eigenvalue weighted by Crippen LogP contribution is -2.54. The van der Waals surface area contributed by atoms with Crippen LogP contribution in [0.15, 0.2) is 66.2 Å². The Kier molecular flexibility index (Phi) is 7.42. The Morgan fingerprint density at radius 1 is 1.00 bits per heavy atom. The second-order valence-corrected chi connectivity index (χ2v) is 9.18. The second-order valence-electron chi connectivity index (χ2n) is 7.61. The summed E-state index contributed by atoms with van der Waals surface area (Å²) in [4.78, 5) is 39.1. The van der Waals surface area contributed by atoms with Crippen molar-refractivity contribution in [2.45, 2.75) is 6.42 Å². The minimum Gasteiger partial charge on any atom is -0.497 e. The van der Waals surface area contributed by atoms with Gasteiger partial charge in [0.1, 0.15) is 17.1 Å². The highest BCUT2D eigenvalue weighted by Crippen LogP contribution is 2.32. The van der Waals surface area contributed by atoms with Crippen LogP contribution in [-0.4, -0.2) is 32.1 Å². The minimum atomic E-state index is -0.815. The van der Waals surface area contributed by atoms with Gasteiger partial charge >= 0.3 is 6.03 Å². The Labute approximate surface area is 220 Å². The van der Waals surface area contributed by atoms with Gasteiger partial charge in [0.05, 0.1) is 19.9 Å². The summed E-state index contributed by atoms with van der Waals surface area (Å²) in [6.07, 6.45) is 2.00. The SMILES string of the molecule is COc1ccc(N2C(=O)NC(=O)/C(=C\c3cc(I)c(Cc4ccccc4Cl)c(OC)c3)C2=O)cc1. The van der Waals surface area contributed by atoms with E-state index >= 15 is 0 Å². The first-order valence-corrected chi connectivity index (χ1v) is 11.9. The highest BCUT2D eigenvalue weighted by atomic mass is 127. The van der Waals surface area contributed by atoms with Crippen LogP contribution in [-0.2, 0) is 16.0 Å². The standard InChI is InChI=1S/C26H20ClIN2O5/c1-34-18-9-7-17(8-10-18)30-25(32)20(24(31)29-26(30)33)11-15-12-22(28)19(23(13-15)35-2)14-16-5-3-4-6-21(16)27/h3-13H,14H2,1-2H3,(H,29,31,33)/b20-11+. The zero-order valence-electron chi connectivity index (χ0n) is 18.8. The smallest absolute Gasteiger partial charge is 0.335 e. The predicted octanol–water partition coefficient (Wildman–Crippen LogP) is 5.22. The topological polar surface area (TPSA) is 84.9 Å². The summed E-state index contributed by atoms with van der Waals surface area (Å²) in [6, 6.07) is 16.7. The molecule has 1 aliphatic rings. The number of urea groups is 1. The highest BCUT2D eigenvalue weighted by Gasteiger charge is 2.36. The Morgan fingerprint density at radius 3 is 2.37 bits per heavy atom. The van der Waals surface area contributed by atoms with Crippen LogP contribution in [0.5, 0.6) is 11.5 Å². The number of rotatable bonds is 6. The monoisotopic (exact) mass is 602 g/mol. The summed E-state index contributed by atoms with van der Waals surface area (Å²) in [5, 5.41) is 2.89. The molecule has 1 N–H and O–H groups in total. The van der Waals surface area contributed by atoms with Gasteiger partial charge in [0.2, 0.25) is 0 Å². The molecular formula is C26H20ClIN2O5. The number of methoxy groups -OCH3 is 2. The molecule has 1 aliphatic heterocycles. The van der Waals surface area contributed by atoms with E-state index in [1.807, 2.05) is 30.3 Å². The predicted molar refractivity (Wildman–Crippen MR) is 142 cm³/mol. The maximum atomic E-state index is 13.2. The number of ether oxygens (including phenoxy) is 2. The van der Waals surface area contributed by atoms with Gasteiger partial charge in [-0.2, -0.15) is 0 Å². The van der Waals surface area contributed by atoms with Crippen molar-refractivity contribution in [3.63, 3.8) is 0 Å². The van der Waals surface area contributed by atoms with E-state index in [2.05, 4.69) is 27.9 Å². The summed E-state index contributed by atoms with van der Waals surface area (Å²) < 4.78 is 11.6. The molecule has 1 fully saturated rings. The van der Waals surface area contributed by atoms with Crippen LogP contribution in [0.2, 0.25) is 5.02 Å². The molecule has 178 valence electrons. The fraction of sp³-hybridized carbons (Fsp3) is 0.115. The molecule has 0 radical (unpaired) electrons. The molecule has 9 heteroatoms. The number of hydrogen-bond acceptors (Lipinski definition) is 5. The minimum absolute atomic E-state index is 0.169. The first-order chi connectivity index (χ1) is 16.8. The number of amides is 4. The average Bonchev–Trinajstić information content (AvgIpc) is 2.84. The van der Waals surface area contributed by atoms with Crippen LogP contribution in [0, 0.1) is 3.57 Å². The van der Waals surface area contributed by atoms with E-state index in [9.17, 15) is 14.4 Å². The molecule has 3 aromatic rings. The Morgan fingerprint density at radius 2 is 1.71 bits per heavy atom. The van der Waals surface area contributed by atoms with Crippen molar-refractivity contribution < 1.29 is 23.9 Å². The number of carbonyl (C=O) groups is 3. The number of carbonyl (C=O) groups excluding carboxylic acids is 3. The van der Waals surface area contributed by atoms with Crippen LogP contribution >= 0.6 is 34.2 Å². The van der Waals surface area contributed by atoms with Crippen LogP contribution in [0.4, 0.5) is 10.5 Å². The van der Waals surface area contributed by atoms with Gasteiger partial charge in [0.25, 0.3) is 11.8 Å². The first kappa shape index (κ1) is 24.7. The van der Waals surface area contributed by atoms with E-state index < -0.39 is 17.8 Å². The van der Waals surface area contributed by atoms with E-state index in [-0.39, 0.29) is 5.57 Å². The number of nitrogens with zero attached hydrogens (tertiary/aromatic N) is 1. The molecule has 0 aliphatic carbocycles. The third-order valence-electron chi connectivity index (χ3n) is 5.47. The highest BCUT2D eigenvalue weighted by molar-refractivity contribution is 14.1. The number of benzene rings is 3. The quantitative estimate of drug-likeness (QED) is 0.238. The summed E-state index contributed by atoms with van der Waals surface area (Å²) in [7, 11) is 3.07. The van der Waals surface area contributed by atoms with Crippen molar-refractivity contribution in [2.24, 2.45) is 0 Å². The van der Waals surface area contributed by atoms with Gasteiger partial charge in [-0.05, 0) is 82.3 Å². The lowest BCUT2D eigenvalue weighted by Gasteiger charge is -2.26. The van der Waals surface area contributed by atoms with Gasteiger partial charge in [-0.3, -0.25) is 14.9 Å². The number of anilines is 1. The number of hydrogen-bond donors (Lipinski definition) is 1. The number of imide groups is 2. The van der Waals surface area contributed by atoms with E-state index in [1.165, 1.54) is 13.2 Å². The van der Waals surface area contributed by atoms with Crippen LogP contribution in [0.25, 0.3) is 6.08 Å². The molecule has 35 heavy (non-hydrogen) atoms. The lowest BCUT2D eigenvalue weighted by molar-refractivity contribution is -0.122. The van der Waals surface area contributed by atoms with Gasteiger partial charge < -0.3 is 9.47 Å². The summed E-state index contributed by atoms with van der Waals surface area (Å²) in [5.41, 5.74) is 2.60. The van der Waals surface area contributed by atoms with Gasteiger partial charge in [-0.25, -0.2) is 9.69 Å². The van der Waals surface area contributed by atoms with Gasteiger partial charge in [-0.1, -0.05) is 29.8 Å². The normalized spacial score (nSPS) is 14.8. The molecule has 0 bridgehead atoms. The fourth-order valence-electron chi connectivity index (χ4n) is 3.69.